The molecule has 0 spiro atoms. The first-order valence-electron chi connectivity index (χ1n) is 8.12. The lowest BCUT2D eigenvalue weighted by Gasteiger charge is -2.27. The number of alkyl halides is 3. The maximum Gasteiger partial charge on any atom is 0.573 e. The van der Waals surface area contributed by atoms with Crippen LogP contribution in [0.4, 0.5) is 17.6 Å². The summed E-state index contributed by atoms with van der Waals surface area (Å²) in [4.78, 5) is 0. The first kappa shape index (κ1) is 16.4. The van der Waals surface area contributed by atoms with E-state index in [0.29, 0.717) is 24.9 Å². The smallest absolute Gasteiger partial charge is 0.489 e. The van der Waals surface area contributed by atoms with E-state index in [2.05, 4.69) is 4.74 Å². The molecule has 23 heavy (non-hydrogen) atoms. The first-order chi connectivity index (χ1) is 10.9. The van der Waals surface area contributed by atoms with E-state index in [-0.39, 0.29) is 11.3 Å². The molecule has 0 bridgehead atoms. The van der Waals surface area contributed by atoms with Crippen LogP contribution in [0.5, 0.6) is 11.5 Å². The third-order valence-corrected chi connectivity index (χ3v) is 4.79. The zero-order chi connectivity index (χ0) is 16.4. The predicted octanol–water partition coefficient (Wildman–Crippen LogP) is 5.25. The number of benzene rings is 1. The van der Waals surface area contributed by atoms with Crippen LogP contribution in [0.2, 0.25) is 0 Å². The zero-order valence-electron chi connectivity index (χ0n) is 12.8. The maximum absolute atomic E-state index is 14.5. The fraction of sp³-hybridized carbons (Fsp3) is 0.647. The van der Waals surface area contributed by atoms with Crippen molar-refractivity contribution in [3.63, 3.8) is 0 Å². The highest BCUT2D eigenvalue weighted by molar-refractivity contribution is 5.45. The van der Waals surface area contributed by atoms with E-state index in [9.17, 15) is 17.6 Å². The lowest BCUT2D eigenvalue weighted by molar-refractivity contribution is -0.276. The number of halogens is 4. The second-order valence-corrected chi connectivity index (χ2v) is 6.52. The summed E-state index contributed by atoms with van der Waals surface area (Å²) in [5.74, 6) is -1.24. The van der Waals surface area contributed by atoms with Gasteiger partial charge >= 0.3 is 6.36 Å². The van der Waals surface area contributed by atoms with E-state index in [1.807, 2.05) is 0 Å². The molecule has 2 fully saturated rings. The summed E-state index contributed by atoms with van der Waals surface area (Å²) >= 11 is 0. The summed E-state index contributed by atoms with van der Waals surface area (Å²) in [5.41, 5.74) is 0.268. The molecule has 0 radical (unpaired) electrons. The molecule has 2 aliphatic carbocycles. The molecule has 128 valence electrons. The fourth-order valence-corrected chi connectivity index (χ4v) is 2.94. The van der Waals surface area contributed by atoms with Gasteiger partial charge in [0, 0.05) is 0 Å². The van der Waals surface area contributed by atoms with Gasteiger partial charge in [-0.15, -0.1) is 13.2 Å². The van der Waals surface area contributed by atoms with Crippen LogP contribution in [0.25, 0.3) is 0 Å². The number of hydrogen-bond acceptors (Lipinski definition) is 2. The lowest BCUT2D eigenvalue weighted by Crippen LogP contribution is -2.22. The molecule has 0 N–H and O–H groups in total. The largest absolute Gasteiger partial charge is 0.573 e. The Bertz CT molecular complexity index is 548. The van der Waals surface area contributed by atoms with Gasteiger partial charge in [-0.25, -0.2) is 4.39 Å². The molecule has 0 aromatic heterocycles. The average molecular weight is 332 g/mol. The van der Waals surface area contributed by atoms with E-state index in [1.165, 1.54) is 12.1 Å². The Morgan fingerprint density at radius 1 is 1.00 bits per heavy atom. The molecule has 1 aromatic rings. The minimum Gasteiger partial charge on any atom is -0.489 e. The monoisotopic (exact) mass is 332 g/mol. The summed E-state index contributed by atoms with van der Waals surface area (Å²) in [5, 5.41) is 0. The summed E-state index contributed by atoms with van der Waals surface area (Å²) in [6, 6.07) is 2.92. The number of hydrogen-bond donors (Lipinski definition) is 0. The van der Waals surface area contributed by atoms with Gasteiger partial charge in [0.25, 0.3) is 0 Å². The Morgan fingerprint density at radius 3 is 2.17 bits per heavy atom. The molecular formula is C17H20F4O2. The summed E-state index contributed by atoms with van der Waals surface area (Å²) < 4.78 is 61.6. The topological polar surface area (TPSA) is 18.5 Å². The van der Waals surface area contributed by atoms with Gasteiger partial charge in [-0.2, -0.15) is 0 Å². The third kappa shape index (κ3) is 4.09. The molecule has 0 saturated heterocycles. The van der Waals surface area contributed by atoms with Gasteiger partial charge in [-0.3, -0.25) is 0 Å². The third-order valence-electron chi connectivity index (χ3n) is 4.79. The standard InChI is InChI=1S/C17H20F4O2/c18-15-13(9-11-3-1-4-11)7-8-14(16(15)23-17(19,20)21)22-10-12-5-2-6-12/h7-8,11-12H,1-6,9-10H2. The van der Waals surface area contributed by atoms with Crippen LogP contribution in [-0.2, 0) is 6.42 Å². The molecule has 1 aromatic carbocycles. The fourth-order valence-electron chi connectivity index (χ4n) is 2.94. The van der Waals surface area contributed by atoms with Crippen molar-refractivity contribution in [3.8, 4) is 11.5 Å². The quantitative estimate of drug-likeness (QED) is 0.663. The predicted molar refractivity (Wildman–Crippen MR) is 77.0 cm³/mol. The molecule has 0 atom stereocenters. The van der Waals surface area contributed by atoms with Crippen LogP contribution in [0.3, 0.4) is 0 Å². The summed E-state index contributed by atoms with van der Waals surface area (Å²) in [6.07, 6.45) is 1.70. The minimum atomic E-state index is -4.94. The van der Waals surface area contributed by atoms with Gasteiger partial charge in [-0.1, -0.05) is 31.7 Å². The minimum absolute atomic E-state index is 0.163. The van der Waals surface area contributed by atoms with Gasteiger partial charge < -0.3 is 9.47 Å². The number of ether oxygens (including phenoxy) is 2. The van der Waals surface area contributed by atoms with E-state index in [1.54, 1.807) is 0 Å². The Balaban J connectivity index is 1.79. The first-order valence-corrected chi connectivity index (χ1v) is 8.12. The molecule has 0 aliphatic heterocycles. The van der Waals surface area contributed by atoms with Crippen molar-refractivity contribution < 1.29 is 27.0 Å². The summed E-state index contributed by atoms with van der Waals surface area (Å²) in [6.45, 7) is 0.301. The molecule has 0 amide bonds. The van der Waals surface area contributed by atoms with E-state index < -0.39 is 17.9 Å². The molecule has 2 nitrogen and oxygen atoms in total. The van der Waals surface area contributed by atoms with Crippen molar-refractivity contribution in [1.29, 1.82) is 0 Å². The van der Waals surface area contributed by atoms with E-state index >= 15 is 0 Å². The molecular weight excluding hydrogens is 312 g/mol. The van der Waals surface area contributed by atoms with Crippen LogP contribution < -0.4 is 9.47 Å². The normalized spacial score (nSPS) is 19.1. The highest BCUT2D eigenvalue weighted by Gasteiger charge is 2.35. The molecule has 3 rings (SSSR count). The van der Waals surface area contributed by atoms with Crippen molar-refractivity contribution in [2.24, 2.45) is 11.8 Å². The Kier molecular flexibility index (Phi) is 4.69. The van der Waals surface area contributed by atoms with Crippen LogP contribution in [0.1, 0.15) is 44.1 Å². The molecule has 2 saturated carbocycles. The Hall–Kier alpha value is -1.46. The van der Waals surface area contributed by atoms with Crippen LogP contribution in [0, 0.1) is 17.7 Å². The lowest BCUT2D eigenvalue weighted by atomic mass is 9.81. The van der Waals surface area contributed by atoms with Gasteiger partial charge in [0.05, 0.1) is 6.61 Å². The Labute approximate surface area is 132 Å². The summed E-state index contributed by atoms with van der Waals surface area (Å²) in [7, 11) is 0. The van der Waals surface area contributed by atoms with Gasteiger partial charge in [0.2, 0.25) is 5.75 Å². The Morgan fingerprint density at radius 2 is 1.65 bits per heavy atom. The highest BCUT2D eigenvalue weighted by Crippen LogP contribution is 2.39. The average Bonchev–Trinajstić information content (AvgIpc) is 2.36. The zero-order valence-corrected chi connectivity index (χ0v) is 12.8. The van der Waals surface area contributed by atoms with Crippen molar-refractivity contribution in [1.82, 2.24) is 0 Å². The van der Waals surface area contributed by atoms with Crippen LogP contribution in [0.15, 0.2) is 12.1 Å². The van der Waals surface area contributed by atoms with Crippen molar-refractivity contribution >= 4 is 0 Å². The molecule has 0 unspecified atom stereocenters. The van der Waals surface area contributed by atoms with Crippen molar-refractivity contribution in [2.75, 3.05) is 6.61 Å². The SMILES string of the molecule is Fc1c(CC2CCC2)ccc(OCC2CCC2)c1OC(F)(F)F. The second kappa shape index (κ2) is 6.57. The van der Waals surface area contributed by atoms with Gasteiger partial charge in [-0.05, 0) is 42.7 Å². The van der Waals surface area contributed by atoms with Crippen molar-refractivity contribution in [2.45, 2.75) is 51.3 Å². The molecule has 0 heterocycles. The maximum atomic E-state index is 14.5. The second-order valence-electron chi connectivity index (χ2n) is 6.52. The van der Waals surface area contributed by atoms with Crippen LogP contribution in [-0.4, -0.2) is 13.0 Å². The molecule has 2 aliphatic rings. The van der Waals surface area contributed by atoms with Crippen LogP contribution >= 0.6 is 0 Å². The van der Waals surface area contributed by atoms with E-state index in [4.69, 9.17) is 4.74 Å². The van der Waals surface area contributed by atoms with Gasteiger partial charge in [0.1, 0.15) is 0 Å². The van der Waals surface area contributed by atoms with E-state index in [0.717, 1.165) is 38.5 Å². The van der Waals surface area contributed by atoms with Crippen molar-refractivity contribution in [3.05, 3.63) is 23.5 Å². The highest BCUT2D eigenvalue weighted by atomic mass is 19.4. The molecule has 6 heteroatoms. The number of rotatable bonds is 6. The van der Waals surface area contributed by atoms with Gasteiger partial charge in [0.15, 0.2) is 11.6 Å².